The Kier molecular flexibility index (Phi) is 3.38. The van der Waals surface area contributed by atoms with Gasteiger partial charge in [-0.25, -0.2) is 9.97 Å². The van der Waals surface area contributed by atoms with E-state index in [0.717, 1.165) is 17.7 Å². The topological polar surface area (TPSA) is 66.9 Å². The molecule has 5 nitrogen and oxygen atoms in total. The summed E-state index contributed by atoms with van der Waals surface area (Å²) in [6, 6.07) is 4.18. The predicted molar refractivity (Wildman–Crippen MR) is 81.1 cm³/mol. The van der Waals surface area contributed by atoms with Crippen molar-refractivity contribution in [2.24, 2.45) is 0 Å². The summed E-state index contributed by atoms with van der Waals surface area (Å²) in [4.78, 5) is 20.8. The third kappa shape index (κ3) is 2.50. The van der Waals surface area contributed by atoms with Gasteiger partial charge in [0.05, 0.1) is 4.88 Å². The van der Waals surface area contributed by atoms with Crippen LogP contribution in [0.2, 0.25) is 0 Å². The number of hydrogen-bond acceptors (Lipinski definition) is 5. The van der Waals surface area contributed by atoms with Crippen LogP contribution in [0.25, 0.3) is 10.4 Å². The molecule has 2 aliphatic rings. The van der Waals surface area contributed by atoms with Gasteiger partial charge in [-0.2, -0.15) is 4.39 Å². The van der Waals surface area contributed by atoms with Crippen LogP contribution in [-0.4, -0.2) is 34.0 Å². The summed E-state index contributed by atoms with van der Waals surface area (Å²) in [5, 5.41) is 6.97. The fraction of sp³-hybridized carbons (Fsp3) is 0.400. The second-order valence-electron chi connectivity index (χ2n) is 5.76. The molecule has 2 bridgehead atoms. The number of carbonyl (C=O) groups is 1. The van der Waals surface area contributed by atoms with E-state index in [4.69, 9.17) is 0 Å². The van der Waals surface area contributed by atoms with E-state index in [1.54, 1.807) is 12.3 Å². The van der Waals surface area contributed by atoms with Crippen LogP contribution >= 0.6 is 11.3 Å². The number of nitrogens with one attached hydrogen (secondary N) is 2. The van der Waals surface area contributed by atoms with Gasteiger partial charge in [0.25, 0.3) is 5.91 Å². The summed E-state index contributed by atoms with van der Waals surface area (Å²) in [7, 11) is 0. The van der Waals surface area contributed by atoms with Crippen LogP contribution in [0.4, 0.5) is 4.39 Å². The molecular formula is C15H15FN4OS. The van der Waals surface area contributed by atoms with Crippen molar-refractivity contribution in [3.05, 3.63) is 35.5 Å². The highest BCUT2D eigenvalue weighted by Crippen LogP contribution is 2.29. The Hall–Kier alpha value is -1.86. The lowest BCUT2D eigenvalue weighted by Crippen LogP contribution is -2.42. The molecule has 0 aliphatic carbocycles. The molecular weight excluding hydrogens is 303 g/mol. The van der Waals surface area contributed by atoms with Crippen molar-refractivity contribution in [2.45, 2.75) is 37.4 Å². The van der Waals surface area contributed by atoms with E-state index in [2.05, 4.69) is 20.6 Å². The van der Waals surface area contributed by atoms with E-state index in [1.165, 1.54) is 30.0 Å². The number of aromatic nitrogens is 2. The molecule has 2 saturated heterocycles. The van der Waals surface area contributed by atoms with E-state index in [-0.39, 0.29) is 11.9 Å². The molecule has 0 unspecified atom stereocenters. The van der Waals surface area contributed by atoms with Gasteiger partial charge < -0.3 is 10.6 Å². The molecule has 0 spiro atoms. The normalized spacial score (nSPS) is 26.3. The number of halogens is 1. The molecule has 22 heavy (non-hydrogen) atoms. The van der Waals surface area contributed by atoms with E-state index in [0.29, 0.717) is 22.7 Å². The lowest BCUT2D eigenvalue weighted by Gasteiger charge is -2.20. The van der Waals surface area contributed by atoms with Crippen molar-refractivity contribution < 1.29 is 9.18 Å². The highest BCUT2D eigenvalue weighted by molar-refractivity contribution is 7.16. The van der Waals surface area contributed by atoms with Gasteiger partial charge in [0.2, 0.25) is 5.95 Å². The second-order valence-corrected chi connectivity index (χ2v) is 6.79. The Balaban J connectivity index is 1.48. The molecule has 2 aromatic heterocycles. The second kappa shape index (κ2) is 5.40. The van der Waals surface area contributed by atoms with Gasteiger partial charge in [0.1, 0.15) is 0 Å². The van der Waals surface area contributed by atoms with Gasteiger partial charge in [0.15, 0.2) is 5.01 Å². The van der Waals surface area contributed by atoms with Crippen LogP contribution in [0.3, 0.4) is 0 Å². The first-order valence-corrected chi connectivity index (χ1v) is 8.15. The Bertz CT molecular complexity index is 719. The van der Waals surface area contributed by atoms with E-state index in [1.807, 2.05) is 0 Å². The molecule has 4 rings (SSSR count). The molecule has 0 saturated carbocycles. The van der Waals surface area contributed by atoms with Crippen molar-refractivity contribution in [3.8, 4) is 10.4 Å². The monoisotopic (exact) mass is 318 g/mol. The minimum absolute atomic E-state index is 0.148. The van der Waals surface area contributed by atoms with Crippen molar-refractivity contribution in [1.29, 1.82) is 0 Å². The van der Waals surface area contributed by atoms with Crippen molar-refractivity contribution in [3.63, 3.8) is 0 Å². The third-order valence-corrected chi connectivity index (χ3v) is 5.37. The number of thiazole rings is 1. The summed E-state index contributed by atoms with van der Waals surface area (Å²) >= 11 is 1.27. The largest absolute Gasteiger partial charge is 0.346 e. The average molecular weight is 318 g/mol. The number of nitrogens with zero attached hydrogens (tertiary/aromatic N) is 2. The molecule has 114 valence electrons. The van der Waals surface area contributed by atoms with Gasteiger partial charge in [-0.1, -0.05) is 0 Å². The highest BCUT2D eigenvalue weighted by Gasteiger charge is 2.39. The van der Waals surface area contributed by atoms with E-state index in [9.17, 15) is 9.18 Å². The average Bonchev–Trinajstić information content (AvgIpc) is 3.23. The number of rotatable bonds is 3. The minimum atomic E-state index is -0.537. The lowest BCUT2D eigenvalue weighted by molar-refractivity contribution is 0.0930. The minimum Gasteiger partial charge on any atom is -0.346 e. The van der Waals surface area contributed by atoms with Crippen molar-refractivity contribution >= 4 is 17.2 Å². The fourth-order valence-electron chi connectivity index (χ4n) is 3.28. The van der Waals surface area contributed by atoms with Crippen LogP contribution in [-0.2, 0) is 0 Å². The number of pyridine rings is 1. The first-order valence-electron chi connectivity index (χ1n) is 7.34. The first-order chi connectivity index (χ1) is 10.7. The SMILES string of the molecule is O=C(N[C@@H]1C[C@H]2CC[C@@H]1N2)c1ncc(-c2ccnc(F)c2)s1. The number of carbonyl (C=O) groups excluding carboxylic acids is 1. The van der Waals surface area contributed by atoms with E-state index < -0.39 is 5.95 Å². The zero-order chi connectivity index (χ0) is 15.1. The maximum absolute atomic E-state index is 13.2. The molecule has 4 heterocycles. The standard InChI is InChI=1S/C15H15FN4OS/c16-13-5-8(3-4-17-13)12-7-18-15(22-12)14(21)20-11-6-9-1-2-10(11)19-9/h3-5,7,9-11,19H,1-2,6H2,(H,20,21)/t9-,10+,11-/m1/s1. The van der Waals surface area contributed by atoms with Crippen LogP contribution in [0, 0.1) is 5.95 Å². The van der Waals surface area contributed by atoms with Gasteiger partial charge >= 0.3 is 0 Å². The molecule has 2 N–H and O–H groups in total. The fourth-order valence-corrected chi connectivity index (χ4v) is 4.10. The lowest BCUT2D eigenvalue weighted by atomic mass is 9.95. The summed E-state index contributed by atoms with van der Waals surface area (Å²) in [6.45, 7) is 0. The zero-order valence-electron chi connectivity index (χ0n) is 11.8. The Morgan fingerprint density at radius 3 is 3.05 bits per heavy atom. The van der Waals surface area contributed by atoms with Crippen LogP contribution in [0.1, 0.15) is 29.1 Å². The summed E-state index contributed by atoms with van der Waals surface area (Å²) in [6.07, 6.45) is 6.32. The number of amides is 1. The molecule has 0 aromatic carbocycles. The summed E-state index contributed by atoms with van der Waals surface area (Å²) in [5.41, 5.74) is 0.686. The Morgan fingerprint density at radius 1 is 1.41 bits per heavy atom. The maximum Gasteiger partial charge on any atom is 0.280 e. The van der Waals surface area contributed by atoms with Gasteiger partial charge in [-0.3, -0.25) is 4.79 Å². The molecule has 2 aromatic rings. The maximum atomic E-state index is 13.2. The molecule has 3 atom stereocenters. The quantitative estimate of drug-likeness (QED) is 0.849. The predicted octanol–water partition coefficient (Wildman–Crippen LogP) is 1.97. The van der Waals surface area contributed by atoms with Crippen LogP contribution in [0.5, 0.6) is 0 Å². The Labute approximate surface area is 131 Å². The molecule has 1 amide bonds. The van der Waals surface area contributed by atoms with Crippen LogP contribution < -0.4 is 10.6 Å². The molecule has 2 aliphatic heterocycles. The Morgan fingerprint density at radius 2 is 2.32 bits per heavy atom. The molecule has 2 fully saturated rings. The molecule has 7 heteroatoms. The summed E-state index contributed by atoms with van der Waals surface area (Å²) in [5.74, 6) is -0.685. The van der Waals surface area contributed by atoms with Crippen LogP contribution in [0.15, 0.2) is 24.5 Å². The third-order valence-electron chi connectivity index (χ3n) is 4.33. The van der Waals surface area contributed by atoms with Gasteiger partial charge in [-0.15, -0.1) is 11.3 Å². The number of hydrogen-bond donors (Lipinski definition) is 2. The van der Waals surface area contributed by atoms with Gasteiger partial charge in [-0.05, 0) is 30.9 Å². The highest BCUT2D eigenvalue weighted by atomic mass is 32.1. The van der Waals surface area contributed by atoms with Crippen molar-refractivity contribution in [1.82, 2.24) is 20.6 Å². The smallest absolute Gasteiger partial charge is 0.280 e. The first kappa shape index (κ1) is 13.8. The number of fused-ring (bicyclic) bond motifs is 2. The van der Waals surface area contributed by atoms with Gasteiger partial charge in [0, 0.05) is 36.6 Å². The van der Waals surface area contributed by atoms with Crippen molar-refractivity contribution in [2.75, 3.05) is 0 Å². The zero-order valence-corrected chi connectivity index (χ0v) is 12.6. The molecule has 0 radical (unpaired) electrons. The van der Waals surface area contributed by atoms with E-state index >= 15 is 0 Å². The summed E-state index contributed by atoms with van der Waals surface area (Å²) < 4.78 is 13.2.